The van der Waals surface area contributed by atoms with Gasteiger partial charge in [-0.15, -0.1) is 0 Å². The highest BCUT2D eigenvalue weighted by molar-refractivity contribution is 7.89. The number of aromatic nitrogens is 1. The topological polar surface area (TPSA) is 88.6 Å². The third kappa shape index (κ3) is 6.24. The van der Waals surface area contributed by atoms with Gasteiger partial charge in [0.2, 0.25) is 21.8 Å². The van der Waals surface area contributed by atoms with Gasteiger partial charge in [-0.1, -0.05) is 18.2 Å². The van der Waals surface area contributed by atoms with E-state index in [9.17, 15) is 26.4 Å². The van der Waals surface area contributed by atoms with Crippen molar-refractivity contribution in [3.63, 3.8) is 0 Å². The molecule has 12 heteroatoms. The van der Waals surface area contributed by atoms with Crippen molar-refractivity contribution in [1.82, 2.24) is 14.6 Å². The number of nitrogens with one attached hydrogen (secondary N) is 1. The number of carbonyl (C=O) groups is 1. The molecule has 178 valence electrons. The van der Waals surface area contributed by atoms with Crippen LogP contribution < -0.4 is 10.1 Å². The zero-order chi connectivity index (χ0) is 24.2. The van der Waals surface area contributed by atoms with Crippen LogP contribution in [0.25, 0.3) is 0 Å². The maximum Gasteiger partial charge on any atom is 0.417 e. The third-order valence-electron chi connectivity index (χ3n) is 5.03. The van der Waals surface area contributed by atoms with Gasteiger partial charge >= 0.3 is 6.18 Å². The molecule has 1 atom stereocenters. The predicted octanol–water partition coefficient (Wildman–Crippen LogP) is 4.39. The van der Waals surface area contributed by atoms with Crippen LogP contribution in [-0.2, 0) is 21.0 Å². The first-order chi connectivity index (χ1) is 15.5. The molecule has 2 heterocycles. The van der Waals surface area contributed by atoms with Crippen molar-refractivity contribution in [2.45, 2.75) is 36.4 Å². The van der Waals surface area contributed by atoms with Crippen LogP contribution in [0.3, 0.4) is 0 Å². The number of nitrogens with zero attached hydrogens (tertiary/aromatic N) is 2. The van der Waals surface area contributed by atoms with Crippen molar-refractivity contribution in [1.29, 1.82) is 0 Å². The minimum atomic E-state index is -4.59. The Balaban J connectivity index is 1.69. The first-order valence-corrected chi connectivity index (χ1v) is 11.8. The van der Waals surface area contributed by atoms with Gasteiger partial charge in [-0.3, -0.25) is 4.79 Å². The average molecular weight is 504 g/mol. The van der Waals surface area contributed by atoms with E-state index in [1.54, 1.807) is 0 Å². The Morgan fingerprint density at radius 3 is 2.55 bits per heavy atom. The first kappa shape index (κ1) is 25.0. The number of rotatable bonds is 6. The summed E-state index contributed by atoms with van der Waals surface area (Å²) in [5, 5.41) is 2.46. The number of carbonyl (C=O) groups excluding carboxylic acids is 1. The van der Waals surface area contributed by atoms with Gasteiger partial charge in [0.1, 0.15) is 10.8 Å². The first-order valence-electron chi connectivity index (χ1n) is 9.94. The molecular weight excluding hydrogens is 483 g/mol. The summed E-state index contributed by atoms with van der Waals surface area (Å²) in [6.07, 6.45) is -1.10. The molecule has 1 aromatic heterocycles. The quantitative estimate of drug-likeness (QED) is 0.591. The van der Waals surface area contributed by atoms with Crippen LogP contribution in [-0.4, -0.2) is 42.7 Å². The molecule has 7 nitrogen and oxygen atoms in total. The molecule has 1 fully saturated rings. The summed E-state index contributed by atoms with van der Waals surface area (Å²) in [4.78, 5) is 15.1. The fourth-order valence-corrected chi connectivity index (χ4v) is 5.01. The lowest BCUT2D eigenvalue weighted by atomic mass is 10.1. The monoisotopic (exact) mass is 503 g/mol. The molecule has 33 heavy (non-hydrogen) atoms. The standard InChI is InChI=1S/C21H21ClF3N3O4S/c1-2-19(29)27-15-4-3-10-28(11-9-15)33(30,31)17-7-5-16(6-8-17)32-20-18(22)12-14(13-26-20)21(23,24)25/h2,5-8,12-13,15H,1,3-4,9-11H2,(H,27,29). The maximum atomic E-state index is 13.0. The van der Waals surface area contributed by atoms with E-state index >= 15 is 0 Å². The molecule has 1 unspecified atom stereocenters. The van der Waals surface area contributed by atoms with Crippen molar-refractivity contribution in [3.05, 3.63) is 59.8 Å². The average Bonchev–Trinajstić information content (AvgIpc) is 3.01. The van der Waals surface area contributed by atoms with Gasteiger partial charge in [-0.2, -0.15) is 17.5 Å². The molecule has 1 N–H and O–H groups in total. The Kier molecular flexibility index (Phi) is 7.65. The Morgan fingerprint density at radius 1 is 1.24 bits per heavy atom. The smallest absolute Gasteiger partial charge is 0.417 e. The summed E-state index contributed by atoms with van der Waals surface area (Å²) in [5.74, 6) is -0.374. The van der Waals surface area contributed by atoms with Crippen LogP contribution in [0.1, 0.15) is 24.8 Å². The number of sulfonamides is 1. The Labute approximate surface area is 194 Å². The van der Waals surface area contributed by atoms with Gasteiger partial charge in [-0.05, 0) is 55.7 Å². The number of hydrogen-bond acceptors (Lipinski definition) is 5. The fraction of sp³-hybridized carbons (Fsp3) is 0.333. The van der Waals surface area contributed by atoms with Gasteiger partial charge in [0.25, 0.3) is 0 Å². The van der Waals surface area contributed by atoms with Crippen LogP contribution in [0.15, 0.2) is 54.1 Å². The van der Waals surface area contributed by atoms with E-state index in [0.29, 0.717) is 38.1 Å². The number of halogens is 4. The second kappa shape index (κ2) is 10.1. The summed E-state index contributed by atoms with van der Waals surface area (Å²) in [6, 6.07) is 5.98. The van der Waals surface area contributed by atoms with Crippen LogP contribution in [0.4, 0.5) is 13.2 Å². The molecule has 0 bridgehead atoms. The van der Waals surface area contributed by atoms with Crippen molar-refractivity contribution in [2.24, 2.45) is 0 Å². The minimum Gasteiger partial charge on any atom is -0.438 e. The fourth-order valence-electron chi connectivity index (χ4n) is 3.31. The molecule has 3 rings (SSSR count). The van der Waals surface area contributed by atoms with E-state index in [2.05, 4.69) is 16.9 Å². The molecule has 1 aromatic carbocycles. The zero-order valence-corrected chi connectivity index (χ0v) is 18.9. The molecule has 1 amide bonds. The normalized spacial score (nSPS) is 17.8. The van der Waals surface area contributed by atoms with E-state index < -0.39 is 21.8 Å². The SMILES string of the molecule is C=CC(=O)NC1CCCN(S(=O)(=O)c2ccc(Oc3ncc(C(F)(F)F)cc3Cl)cc2)CC1. The van der Waals surface area contributed by atoms with Gasteiger partial charge in [0, 0.05) is 25.3 Å². The molecule has 1 aliphatic rings. The molecule has 1 saturated heterocycles. The zero-order valence-electron chi connectivity index (χ0n) is 17.3. The van der Waals surface area contributed by atoms with Gasteiger partial charge in [-0.25, -0.2) is 13.4 Å². The van der Waals surface area contributed by atoms with E-state index in [-0.39, 0.29) is 40.0 Å². The number of benzene rings is 1. The van der Waals surface area contributed by atoms with Gasteiger partial charge in [0.05, 0.1) is 10.5 Å². The number of alkyl halides is 3. The lowest BCUT2D eigenvalue weighted by Gasteiger charge is -2.20. The second-order valence-corrected chi connectivity index (χ2v) is 9.67. The van der Waals surface area contributed by atoms with E-state index in [0.717, 1.165) is 0 Å². The summed E-state index contributed by atoms with van der Waals surface area (Å²) < 4.78 is 71.0. The molecule has 0 aliphatic carbocycles. The highest BCUT2D eigenvalue weighted by Crippen LogP contribution is 2.35. The van der Waals surface area contributed by atoms with E-state index in [1.165, 1.54) is 34.6 Å². The number of hydrogen-bond donors (Lipinski definition) is 1. The largest absolute Gasteiger partial charge is 0.438 e. The molecule has 0 saturated carbocycles. The highest BCUT2D eigenvalue weighted by Gasteiger charge is 2.32. The molecule has 0 spiro atoms. The summed E-state index contributed by atoms with van der Waals surface area (Å²) in [5.41, 5.74) is -1.01. The molecular formula is C21H21ClF3N3O4S. The summed E-state index contributed by atoms with van der Waals surface area (Å²) >= 11 is 5.84. The van der Waals surface area contributed by atoms with Crippen molar-refractivity contribution < 1.29 is 31.1 Å². The molecule has 0 radical (unpaired) electrons. The highest BCUT2D eigenvalue weighted by atomic mass is 35.5. The van der Waals surface area contributed by atoms with Crippen molar-refractivity contribution in [2.75, 3.05) is 13.1 Å². The Bertz CT molecular complexity index is 1120. The lowest BCUT2D eigenvalue weighted by molar-refractivity contribution is -0.137. The van der Waals surface area contributed by atoms with Crippen molar-refractivity contribution in [3.8, 4) is 11.6 Å². The van der Waals surface area contributed by atoms with Crippen molar-refractivity contribution >= 4 is 27.5 Å². The van der Waals surface area contributed by atoms with E-state index in [4.69, 9.17) is 16.3 Å². The number of amides is 1. The van der Waals surface area contributed by atoms with Gasteiger partial charge in [0.15, 0.2) is 0 Å². The number of ether oxygens (including phenoxy) is 1. The Hall–Kier alpha value is -2.63. The third-order valence-corrected chi connectivity index (χ3v) is 7.21. The lowest BCUT2D eigenvalue weighted by Crippen LogP contribution is -2.36. The summed E-state index contributed by atoms with van der Waals surface area (Å²) in [6.45, 7) is 3.97. The van der Waals surface area contributed by atoms with Crippen LogP contribution in [0.5, 0.6) is 11.6 Å². The van der Waals surface area contributed by atoms with Crippen LogP contribution in [0.2, 0.25) is 5.02 Å². The summed E-state index contributed by atoms with van der Waals surface area (Å²) in [7, 11) is -3.78. The minimum absolute atomic E-state index is 0.0369. The second-order valence-electron chi connectivity index (χ2n) is 7.33. The Morgan fingerprint density at radius 2 is 1.94 bits per heavy atom. The van der Waals surface area contributed by atoms with Crippen LogP contribution >= 0.6 is 11.6 Å². The van der Waals surface area contributed by atoms with Crippen LogP contribution in [0, 0.1) is 0 Å². The predicted molar refractivity (Wildman–Crippen MR) is 116 cm³/mol. The number of pyridine rings is 1. The van der Waals surface area contributed by atoms with E-state index in [1.807, 2.05) is 0 Å². The van der Waals surface area contributed by atoms with Gasteiger partial charge < -0.3 is 10.1 Å². The maximum absolute atomic E-state index is 13.0. The molecule has 2 aromatic rings. The molecule has 1 aliphatic heterocycles.